The van der Waals surface area contributed by atoms with Crippen LogP contribution in [0.1, 0.15) is 46.0 Å². The Morgan fingerprint density at radius 1 is 1.11 bits per heavy atom. The predicted molar refractivity (Wildman–Crippen MR) is 87.1 cm³/mol. The minimum atomic E-state index is -5.66. The number of halogens is 5. The van der Waals surface area contributed by atoms with Crippen LogP contribution in [0.5, 0.6) is 0 Å². The van der Waals surface area contributed by atoms with E-state index in [2.05, 4.69) is 11.7 Å². The lowest BCUT2D eigenvalue weighted by molar-refractivity contribution is -0.263. The molecule has 2 saturated carbocycles. The largest absolute Gasteiger partial charge is 0.444 e. The van der Waals surface area contributed by atoms with Crippen LogP contribution >= 0.6 is 0 Å². The zero-order chi connectivity index (χ0) is 21.2. The van der Waals surface area contributed by atoms with Crippen molar-refractivity contribution in [2.75, 3.05) is 7.11 Å². The summed E-state index contributed by atoms with van der Waals surface area (Å²) in [5, 5.41) is 1.86. The van der Waals surface area contributed by atoms with E-state index in [4.69, 9.17) is 9.66 Å². The SMILES string of the molecule is CC1CC2CC(C1)CC(C)(C(=O)OC(C(F)(F)F)C(F)(F)S(=O)O)C2.CO. The van der Waals surface area contributed by atoms with Crippen molar-refractivity contribution in [1.82, 2.24) is 0 Å². The fourth-order valence-corrected chi connectivity index (χ4v) is 4.79. The van der Waals surface area contributed by atoms with E-state index < -0.39 is 40.0 Å². The molecular weight excluding hydrogens is 399 g/mol. The van der Waals surface area contributed by atoms with Crippen LogP contribution in [-0.4, -0.2) is 44.5 Å². The molecule has 5 nitrogen and oxygen atoms in total. The van der Waals surface area contributed by atoms with E-state index in [1.54, 1.807) is 0 Å². The van der Waals surface area contributed by atoms with Gasteiger partial charge >= 0.3 is 17.4 Å². The average molecular weight is 424 g/mol. The molecule has 0 radical (unpaired) electrons. The monoisotopic (exact) mass is 424 g/mol. The second-order valence-electron chi connectivity index (χ2n) is 7.65. The van der Waals surface area contributed by atoms with Crippen LogP contribution < -0.4 is 0 Å². The molecule has 2 fully saturated rings. The fourth-order valence-electron chi connectivity index (χ4n) is 4.42. The molecule has 2 bridgehead atoms. The number of ether oxygens (including phenoxy) is 1. The molecule has 0 aromatic carbocycles. The third kappa shape index (κ3) is 5.60. The molecule has 11 heteroatoms. The van der Waals surface area contributed by atoms with Crippen molar-refractivity contribution < 1.29 is 45.4 Å². The van der Waals surface area contributed by atoms with Gasteiger partial charge in [-0.25, -0.2) is 4.21 Å². The van der Waals surface area contributed by atoms with Crippen molar-refractivity contribution in [3.63, 3.8) is 0 Å². The van der Waals surface area contributed by atoms with Gasteiger partial charge < -0.3 is 14.4 Å². The minimum Gasteiger partial charge on any atom is -0.444 e. The minimum absolute atomic E-state index is 0.136. The maximum atomic E-state index is 13.5. The summed E-state index contributed by atoms with van der Waals surface area (Å²) >= 11 is -4.13. The first-order valence-corrected chi connectivity index (χ1v) is 9.57. The van der Waals surface area contributed by atoms with Crippen LogP contribution in [0.3, 0.4) is 0 Å². The highest BCUT2D eigenvalue weighted by Crippen LogP contribution is 2.51. The number of hydrogen-bond donors (Lipinski definition) is 2. The molecule has 0 aliphatic heterocycles. The number of fused-ring (bicyclic) bond motifs is 2. The first-order chi connectivity index (χ1) is 12.3. The third-order valence-electron chi connectivity index (χ3n) is 5.17. The molecule has 4 atom stereocenters. The summed E-state index contributed by atoms with van der Waals surface area (Å²) in [5.41, 5.74) is -1.30. The quantitative estimate of drug-likeness (QED) is 0.408. The first kappa shape index (κ1) is 24.2. The van der Waals surface area contributed by atoms with Gasteiger partial charge in [-0.05, 0) is 56.8 Å². The van der Waals surface area contributed by atoms with E-state index in [0.29, 0.717) is 5.92 Å². The lowest BCUT2D eigenvalue weighted by atomic mass is 9.59. The van der Waals surface area contributed by atoms with E-state index in [0.717, 1.165) is 26.4 Å². The molecule has 0 amide bonds. The van der Waals surface area contributed by atoms with E-state index in [-0.39, 0.29) is 24.7 Å². The molecule has 2 N–H and O–H groups in total. The van der Waals surface area contributed by atoms with Gasteiger partial charge in [-0.15, -0.1) is 0 Å². The topological polar surface area (TPSA) is 83.8 Å². The van der Waals surface area contributed by atoms with Gasteiger partial charge in [0.15, 0.2) is 0 Å². The molecule has 4 unspecified atom stereocenters. The standard InChI is InChI=1S/C15H21F5O4S.CH4O/c1-8-3-9-5-10(4-8)7-13(2,6-9)12(21)24-11(14(16,17)18)15(19,20)25(22)23;1-2/h8-11H,3-7H2,1-2H3,(H,22,23);2H,1H3. The summed E-state index contributed by atoms with van der Waals surface area (Å²) in [6.45, 7) is 3.49. The van der Waals surface area contributed by atoms with Crippen molar-refractivity contribution >= 4 is 17.0 Å². The maximum absolute atomic E-state index is 13.5. The molecule has 0 spiro atoms. The highest BCUT2D eigenvalue weighted by atomic mass is 32.2. The Labute approximate surface area is 156 Å². The number of carbonyl (C=O) groups excluding carboxylic acids is 1. The normalized spacial score (nSPS) is 33.3. The van der Waals surface area contributed by atoms with Gasteiger partial charge in [0.1, 0.15) is 0 Å². The van der Waals surface area contributed by atoms with Crippen molar-refractivity contribution in [1.29, 1.82) is 0 Å². The number of rotatable bonds is 4. The summed E-state index contributed by atoms with van der Waals surface area (Å²) in [7, 11) is 1.00. The summed E-state index contributed by atoms with van der Waals surface area (Å²) in [5.74, 6) is -0.661. The second kappa shape index (κ2) is 8.69. The molecule has 2 aliphatic carbocycles. The molecule has 160 valence electrons. The Kier molecular flexibility index (Phi) is 7.80. The van der Waals surface area contributed by atoms with E-state index in [1.807, 2.05) is 0 Å². The van der Waals surface area contributed by atoms with Crippen LogP contribution in [-0.2, 0) is 20.6 Å². The van der Waals surface area contributed by atoms with E-state index in [1.165, 1.54) is 6.92 Å². The zero-order valence-electron chi connectivity index (χ0n) is 15.3. The lowest BCUT2D eigenvalue weighted by Crippen LogP contribution is -2.52. The van der Waals surface area contributed by atoms with Gasteiger partial charge in [0.25, 0.3) is 6.10 Å². The lowest BCUT2D eigenvalue weighted by Gasteiger charge is -2.46. The molecule has 0 aromatic rings. The van der Waals surface area contributed by atoms with Gasteiger partial charge in [0.2, 0.25) is 11.1 Å². The summed E-state index contributed by atoms with van der Waals surface area (Å²) in [4.78, 5) is 12.3. The van der Waals surface area contributed by atoms with E-state index >= 15 is 0 Å². The number of carbonyl (C=O) groups is 1. The van der Waals surface area contributed by atoms with Gasteiger partial charge in [0, 0.05) is 7.11 Å². The smallest absolute Gasteiger partial charge is 0.432 e. The average Bonchev–Trinajstić information content (AvgIpc) is 2.51. The van der Waals surface area contributed by atoms with Crippen LogP contribution in [0.2, 0.25) is 0 Å². The van der Waals surface area contributed by atoms with Crippen LogP contribution in [0.25, 0.3) is 0 Å². The molecule has 27 heavy (non-hydrogen) atoms. The van der Waals surface area contributed by atoms with Crippen LogP contribution in [0.15, 0.2) is 0 Å². The highest BCUT2D eigenvalue weighted by Gasteiger charge is 2.63. The number of aliphatic hydroxyl groups excluding tert-OH is 1. The van der Waals surface area contributed by atoms with E-state index in [9.17, 15) is 31.0 Å². The third-order valence-corrected chi connectivity index (χ3v) is 5.85. The zero-order valence-corrected chi connectivity index (χ0v) is 16.1. The Morgan fingerprint density at radius 3 is 1.93 bits per heavy atom. The Hall–Kier alpha value is -0.810. The first-order valence-electron chi connectivity index (χ1n) is 8.47. The summed E-state index contributed by atoms with van der Waals surface area (Å²) < 4.78 is 88.9. The van der Waals surface area contributed by atoms with Crippen LogP contribution in [0.4, 0.5) is 22.0 Å². The predicted octanol–water partition coefficient (Wildman–Crippen LogP) is 3.74. The van der Waals surface area contributed by atoms with Gasteiger partial charge in [-0.2, -0.15) is 22.0 Å². The molecule has 0 saturated heterocycles. The highest BCUT2D eigenvalue weighted by molar-refractivity contribution is 7.80. The Morgan fingerprint density at radius 2 is 1.56 bits per heavy atom. The van der Waals surface area contributed by atoms with Gasteiger partial charge in [0.05, 0.1) is 5.41 Å². The van der Waals surface area contributed by atoms with Crippen molar-refractivity contribution in [3.8, 4) is 0 Å². The molecular formula is C16H25F5O5S. The molecule has 2 rings (SSSR count). The maximum Gasteiger partial charge on any atom is 0.432 e. The van der Waals surface area contributed by atoms with Crippen LogP contribution in [0, 0.1) is 23.2 Å². The number of esters is 1. The second-order valence-corrected chi connectivity index (χ2v) is 8.69. The fraction of sp³-hybridized carbons (Fsp3) is 0.938. The van der Waals surface area contributed by atoms with Gasteiger partial charge in [-0.1, -0.05) is 6.92 Å². The molecule has 2 aliphatic rings. The number of alkyl halides is 5. The number of aliphatic hydroxyl groups is 1. The molecule has 0 aromatic heterocycles. The molecule has 0 heterocycles. The van der Waals surface area contributed by atoms with Crippen molar-refractivity contribution in [2.24, 2.45) is 23.2 Å². The Bertz CT molecular complexity index is 536. The van der Waals surface area contributed by atoms with Gasteiger partial charge in [-0.3, -0.25) is 4.79 Å². The Balaban J connectivity index is 0.00000176. The number of hydrogen-bond acceptors (Lipinski definition) is 4. The van der Waals surface area contributed by atoms with Crippen molar-refractivity contribution in [2.45, 2.75) is 63.5 Å². The van der Waals surface area contributed by atoms with Crippen molar-refractivity contribution in [3.05, 3.63) is 0 Å². The summed E-state index contributed by atoms with van der Waals surface area (Å²) in [6.07, 6.45) is -6.54. The summed E-state index contributed by atoms with van der Waals surface area (Å²) in [6, 6.07) is 0.